The van der Waals surface area contributed by atoms with Gasteiger partial charge in [0.05, 0.1) is 0 Å². The maximum absolute atomic E-state index is 4.40. The number of hydrogen-bond acceptors (Lipinski definition) is 4. The summed E-state index contributed by atoms with van der Waals surface area (Å²) in [4.78, 5) is 8.67. The third-order valence-corrected chi connectivity index (χ3v) is 2.86. The van der Waals surface area contributed by atoms with Crippen molar-refractivity contribution in [3.8, 4) is 0 Å². The van der Waals surface area contributed by atoms with Crippen molar-refractivity contribution in [2.24, 2.45) is 0 Å². The topological polar surface area (TPSA) is 37.8 Å². The fourth-order valence-corrected chi connectivity index (χ4v) is 1.95. The molecule has 14 heavy (non-hydrogen) atoms. The first kappa shape index (κ1) is 11.3. The van der Waals surface area contributed by atoms with Crippen LogP contribution in [-0.2, 0) is 0 Å². The number of hydrogen-bond donors (Lipinski definition) is 1. The third kappa shape index (κ3) is 3.18. The predicted molar refractivity (Wildman–Crippen MR) is 61.9 cm³/mol. The first-order valence-corrected chi connectivity index (χ1v) is 5.90. The molecule has 1 rings (SSSR count). The molecule has 1 N–H and O–H groups in total. The van der Waals surface area contributed by atoms with Gasteiger partial charge in [-0.3, -0.25) is 0 Å². The normalized spacial score (nSPS) is 10.2. The van der Waals surface area contributed by atoms with Gasteiger partial charge in [0.2, 0.25) is 0 Å². The number of aromatic nitrogens is 2. The lowest BCUT2D eigenvalue weighted by Crippen LogP contribution is -1.98. The van der Waals surface area contributed by atoms with Crippen molar-refractivity contribution in [1.82, 2.24) is 9.97 Å². The van der Waals surface area contributed by atoms with Crippen LogP contribution in [0.25, 0.3) is 0 Å². The van der Waals surface area contributed by atoms with Crippen LogP contribution in [0.5, 0.6) is 0 Å². The van der Waals surface area contributed by atoms with Gasteiger partial charge in [-0.2, -0.15) is 0 Å². The van der Waals surface area contributed by atoms with Crippen LogP contribution in [0.15, 0.2) is 11.4 Å². The standard InChI is InChI=1S/C10H17N3S/c1-4-5-6-14-10-12-7-8(2)9(11-3)13-10/h7H,4-6H2,1-3H3,(H,11,12,13). The molecule has 0 radical (unpaired) electrons. The molecule has 3 nitrogen and oxygen atoms in total. The number of thioether (sulfide) groups is 1. The van der Waals surface area contributed by atoms with Crippen LogP contribution in [0.1, 0.15) is 25.3 Å². The smallest absolute Gasteiger partial charge is 0.189 e. The van der Waals surface area contributed by atoms with Crippen molar-refractivity contribution >= 4 is 17.6 Å². The second-order valence-electron chi connectivity index (χ2n) is 3.14. The Morgan fingerprint density at radius 3 is 2.93 bits per heavy atom. The summed E-state index contributed by atoms with van der Waals surface area (Å²) in [6.07, 6.45) is 4.31. The molecule has 0 aliphatic carbocycles. The average Bonchev–Trinajstić information content (AvgIpc) is 2.21. The zero-order valence-electron chi connectivity index (χ0n) is 9.00. The minimum atomic E-state index is 0.869. The highest BCUT2D eigenvalue weighted by molar-refractivity contribution is 7.99. The van der Waals surface area contributed by atoms with Crippen LogP contribution in [0.4, 0.5) is 5.82 Å². The van der Waals surface area contributed by atoms with Gasteiger partial charge in [-0.25, -0.2) is 9.97 Å². The number of unbranched alkanes of at least 4 members (excludes halogenated alkanes) is 1. The molecule has 0 aromatic carbocycles. The van der Waals surface area contributed by atoms with Gasteiger partial charge in [0.25, 0.3) is 0 Å². The highest BCUT2D eigenvalue weighted by Crippen LogP contribution is 2.18. The van der Waals surface area contributed by atoms with Crippen LogP contribution < -0.4 is 5.32 Å². The monoisotopic (exact) mass is 211 g/mol. The number of nitrogens with one attached hydrogen (secondary N) is 1. The highest BCUT2D eigenvalue weighted by atomic mass is 32.2. The van der Waals surface area contributed by atoms with E-state index < -0.39 is 0 Å². The average molecular weight is 211 g/mol. The molecule has 0 unspecified atom stereocenters. The third-order valence-electron chi connectivity index (χ3n) is 1.92. The summed E-state index contributed by atoms with van der Waals surface area (Å²) in [5.74, 6) is 2.03. The van der Waals surface area contributed by atoms with Crippen molar-refractivity contribution in [2.75, 3.05) is 18.1 Å². The fraction of sp³-hybridized carbons (Fsp3) is 0.600. The summed E-state index contributed by atoms with van der Waals surface area (Å²) in [5.41, 5.74) is 1.09. The van der Waals surface area contributed by atoms with Crippen molar-refractivity contribution in [3.63, 3.8) is 0 Å². The fourth-order valence-electron chi connectivity index (χ4n) is 1.06. The molecule has 0 aliphatic heterocycles. The first-order chi connectivity index (χ1) is 6.77. The Morgan fingerprint density at radius 1 is 1.50 bits per heavy atom. The summed E-state index contributed by atoms with van der Waals surface area (Å²) in [6, 6.07) is 0. The van der Waals surface area contributed by atoms with Crippen LogP contribution in [-0.4, -0.2) is 22.8 Å². The van der Waals surface area contributed by atoms with E-state index >= 15 is 0 Å². The number of rotatable bonds is 5. The lowest BCUT2D eigenvalue weighted by atomic mass is 10.3. The van der Waals surface area contributed by atoms with Crippen LogP contribution in [0.2, 0.25) is 0 Å². The van der Waals surface area contributed by atoms with Gasteiger partial charge in [0.15, 0.2) is 5.16 Å². The molecule has 0 bridgehead atoms. The van der Waals surface area contributed by atoms with Crippen molar-refractivity contribution in [3.05, 3.63) is 11.8 Å². The van der Waals surface area contributed by atoms with Gasteiger partial charge in [0, 0.05) is 24.6 Å². The Balaban J connectivity index is 2.60. The Hall–Kier alpha value is -0.770. The molecule has 1 heterocycles. The molecule has 0 aliphatic rings. The minimum Gasteiger partial charge on any atom is -0.373 e. The molecule has 0 spiro atoms. The van der Waals surface area contributed by atoms with Crippen molar-refractivity contribution in [1.29, 1.82) is 0 Å². The molecule has 0 atom stereocenters. The summed E-state index contributed by atoms with van der Waals surface area (Å²) < 4.78 is 0. The zero-order chi connectivity index (χ0) is 10.4. The summed E-state index contributed by atoms with van der Waals surface area (Å²) in [7, 11) is 1.88. The first-order valence-electron chi connectivity index (χ1n) is 4.92. The van der Waals surface area contributed by atoms with Gasteiger partial charge in [-0.1, -0.05) is 25.1 Å². The molecular weight excluding hydrogens is 194 g/mol. The van der Waals surface area contributed by atoms with E-state index in [1.54, 1.807) is 11.8 Å². The number of aryl methyl sites for hydroxylation is 1. The maximum Gasteiger partial charge on any atom is 0.189 e. The Kier molecular flexibility index (Phi) is 4.73. The largest absolute Gasteiger partial charge is 0.373 e. The predicted octanol–water partition coefficient (Wildman–Crippen LogP) is 2.72. The Labute approximate surface area is 89.7 Å². The molecule has 78 valence electrons. The van der Waals surface area contributed by atoms with Crippen molar-refractivity contribution < 1.29 is 0 Å². The maximum atomic E-state index is 4.40. The molecule has 0 saturated heterocycles. The second-order valence-corrected chi connectivity index (χ2v) is 4.20. The van der Waals surface area contributed by atoms with Gasteiger partial charge in [-0.05, 0) is 13.3 Å². The van der Waals surface area contributed by atoms with Crippen molar-refractivity contribution in [2.45, 2.75) is 31.8 Å². The molecule has 0 fully saturated rings. The van der Waals surface area contributed by atoms with Gasteiger partial charge < -0.3 is 5.32 Å². The van der Waals surface area contributed by atoms with E-state index in [0.29, 0.717) is 0 Å². The van der Waals surface area contributed by atoms with E-state index in [-0.39, 0.29) is 0 Å². The van der Waals surface area contributed by atoms with Crippen LogP contribution in [0, 0.1) is 6.92 Å². The van der Waals surface area contributed by atoms with E-state index in [1.165, 1.54) is 12.8 Å². The second kappa shape index (κ2) is 5.86. The Bertz CT molecular complexity index is 289. The Morgan fingerprint density at radius 2 is 2.29 bits per heavy atom. The van der Waals surface area contributed by atoms with E-state index in [0.717, 1.165) is 22.3 Å². The number of anilines is 1. The molecule has 4 heteroatoms. The van der Waals surface area contributed by atoms with E-state index in [4.69, 9.17) is 0 Å². The van der Waals surface area contributed by atoms with E-state index in [2.05, 4.69) is 22.2 Å². The lowest BCUT2D eigenvalue weighted by molar-refractivity contribution is 0.887. The van der Waals surface area contributed by atoms with Gasteiger partial charge >= 0.3 is 0 Å². The summed E-state index contributed by atoms with van der Waals surface area (Å²) in [6.45, 7) is 4.20. The van der Waals surface area contributed by atoms with E-state index in [9.17, 15) is 0 Å². The molecule has 1 aromatic rings. The summed E-state index contributed by atoms with van der Waals surface area (Å²) in [5, 5.41) is 3.93. The highest BCUT2D eigenvalue weighted by Gasteiger charge is 2.01. The minimum absolute atomic E-state index is 0.869. The molecular formula is C10H17N3S. The SMILES string of the molecule is CCCCSc1ncc(C)c(NC)n1. The molecule has 1 aromatic heterocycles. The summed E-state index contributed by atoms with van der Waals surface area (Å²) >= 11 is 1.72. The van der Waals surface area contributed by atoms with Crippen LogP contribution >= 0.6 is 11.8 Å². The zero-order valence-corrected chi connectivity index (χ0v) is 9.82. The van der Waals surface area contributed by atoms with Gasteiger partial charge in [0.1, 0.15) is 5.82 Å². The van der Waals surface area contributed by atoms with Gasteiger partial charge in [-0.15, -0.1) is 0 Å². The number of nitrogens with zero attached hydrogens (tertiary/aromatic N) is 2. The molecule has 0 saturated carbocycles. The lowest BCUT2D eigenvalue weighted by Gasteiger charge is -2.05. The van der Waals surface area contributed by atoms with E-state index in [1.807, 2.05) is 20.2 Å². The molecule has 0 amide bonds. The quantitative estimate of drug-likeness (QED) is 0.461. The van der Waals surface area contributed by atoms with Crippen LogP contribution in [0.3, 0.4) is 0 Å².